The van der Waals surface area contributed by atoms with Crippen LogP contribution < -0.4 is 15.4 Å². The van der Waals surface area contributed by atoms with Gasteiger partial charge in [-0.25, -0.2) is 0 Å². The summed E-state index contributed by atoms with van der Waals surface area (Å²) < 4.78 is 7.00. The summed E-state index contributed by atoms with van der Waals surface area (Å²) in [6.07, 6.45) is 0. The fraction of sp³-hybridized carbons (Fsp3) is 0.125. The lowest BCUT2D eigenvalue weighted by Crippen LogP contribution is -2.37. The van der Waals surface area contributed by atoms with Crippen molar-refractivity contribution in [3.63, 3.8) is 0 Å². The van der Waals surface area contributed by atoms with Crippen molar-refractivity contribution in [1.29, 1.82) is 0 Å². The topological polar surface area (TPSA) is 93.5 Å². The summed E-state index contributed by atoms with van der Waals surface area (Å²) in [5, 5.41) is 16.1. The Hall–Kier alpha value is -2.04. The molecule has 26 heavy (non-hydrogen) atoms. The van der Waals surface area contributed by atoms with E-state index in [0.29, 0.717) is 15.9 Å². The lowest BCUT2D eigenvalue weighted by molar-refractivity contribution is -0.384. The number of anilines is 1. The minimum atomic E-state index is -0.504. The maximum Gasteiger partial charge on any atom is 0.271 e. The van der Waals surface area contributed by atoms with E-state index in [9.17, 15) is 14.9 Å². The Morgan fingerprint density at radius 2 is 2.00 bits per heavy atom. The van der Waals surface area contributed by atoms with Gasteiger partial charge in [-0.2, -0.15) is 0 Å². The number of hydrogen-bond acceptors (Lipinski definition) is 5. The summed E-state index contributed by atoms with van der Waals surface area (Å²) in [4.78, 5) is 22.3. The molecule has 0 aliphatic carbocycles. The van der Waals surface area contributed by atoms with Gasteiger partial charge in [-0.05, 0) is 58.8 Å². The molecule has 0 radical (unpaired) electrons. The highest BCUT2D eigenvalue weighted by atomic mass is 79.9. The van der Waals surface area contributed by atoms with E-state index in [1.165, 1.54) is 12.1 Å². The fourth-order valence-electron chi connectivity index (χ4n) is 1.91. The van der Waals surface area contributed by atoms with Gasteiger partial charge in [0.05, 0.1) is 9.40 Å². The van der Waals surface area contributed by atoms with Gasteiger partial charge in [-0.15, -0.1) is 0 Å². The molecule has 0 spiro atoms. The number of thiocarbonyl (C=S) groups is 1. The molecule has 0 heterocycles. The predicted octanol–water partition coefficient (Wildman–Crippen LogP) is 4.32. The molecular formula is C16H13Br2N3O4S. The average Bonchev–Trinajstić information content (AvgIpc) is 2.55. The van der Waals surface area contributed by atoms with Gasteiger partial charge in [0.1, 0.15) is 5.75 Å². The first-order valence-electron chi connectivity index (χ1n) is 7.20. The highest BCUT2D eigenvalue weighted by Gasteiger charge is 2.12. The summed E-state index contributed by atoms with van der Waals surface area (Å²) in [6, 6.07) is 9.64. The molecule has 0 saturated carbocycles. The minimum absolute atomic E-state index is 0.0251. The molecular weight excluding hydrogens is 490 g/mol. The van der Waals surface area contributed by atoms with Gasteiger partial charge in [0.2, 0.25) is 0 Å². The van der Waals surface area contributed by atoms with Crippen molar-refractivity contribution in [2.45, 2.75) is 6.92 Å². The number of nitro groups is 1. The van der Waals surface area contributed by atoms with Crippen molar-refractivity contribution >= 4 is 66.5 Å². The van der Waals surface area contributed by atoms with Crippen molar-refractivity contribution in [1.82, 2.24) is 5.32 Å². The molecule has 0 fully saturated rings. The fourth-order valence-corrected chi connectivity index (χ4v) is 3.30. The van der Waals surface area contributed by atoms with Crippen LogP contribution in [-0.4, -0.2) is 22.5 Å². The summed E-state index contributed by atoms with van der Waals surface area (Å²) in [6.45, 7) is 1.53. The number of nitrogens with zero attached hydrogens (tertiary/aromatic N) is 1. The molecule has 2 aromatic carbocycles. The van der Waals surface area contributed by atoms with Crippen molar-refractivity contribution in [2.75, 3.05) is 11.9 Å². The number of hydrogen-bond donors (Lipinski definition) is 2. The molecule has 0 unspecified atom stereocenters. The van der Waals surface area contributed by atoms with Crippen LogP contribution in [0.15, 0.2) is 45.3 Å². The van der Waals surface area contributed by atoms with Crippen LogP contribution in [-0.2, 0) is 4.79 Å². The monoisotopic (exact) mass is 501 g/mol. The second kappa shape index (κ2) is 9.06. The molecule has 0 aliphatic rings. The number of nitrogens with one attached hydrogen (secondary N) is 2. The van der Waals surface area contributed by atoms with Crippen LogP contribution in [0.2, 0.25) is 0 Å². The zero-order chi connectivity index (χ0) is 19.3. The molecule has 0 aliphatic heterocycles. The first-order valence-corrected chi connectivity index (χ1v) is 9.19. The Morgan fingerprint density at radius 1 is 1.27 bits per heavy atom. The molecule has 2 N–H and O–H groups in total. The minimum Gasteiger partial charge on any atom is -0.483 e. The third-order valence-electron chi connectivity index (χ3n) is 3.19. The molecule has 1 amide bonds. The molecule has 2 aromatic rings. The smallest absolute Gasteiger partial charge is 0.271 e. The number of ether oxygens (including phenoxy) is 1. The number of aryl methyl sites for hydroxylation is 1. The maximum absolute atomic E-state index is 12.0. The molecule has 0 saturated heterocycles. The van der Waals surface area contributed by atoms with E-state index in [-0.39, 0.29) is 17.4 Å². The molecule has 136 valence electrons. The number of benzene rings is 2. The van der Waals surface area contributed by atoms with Crippen LogP contribution in [0.4, 0.5) is 11.4 Å². The Bertz CT molecular complexity index is 877. The first kappa shape index (κ1) is 20.3. The number of carbonyl (C=O) groups excluding carboxylic acids is 1. The highest BCUT2D eigenvalue weighted by molar-refractivity contribution is 9.11. The Labute approximate surface area is 171 Å². The van der Waals surface area contributed by atoms with E-state index in [1.54, 1.807) is 31.2 Å². The maximum atomic E-state index is 12.0. The van der Waals surface area contributed by atoms with Gasteiger partial charge in [-0.1, -0.05) is 22.0 Å². The van der Waals surface area contributed by atoms with E-state index in [0.717, 1.165) is 10.0 Å². The Kier molecular flexibility index (Phi) is 7.06. The first-order chi connectivity index (χ1) is 12.3. The third kappa shape index (κ3) is 5.75. The molecule has 7 nitrogen and oxygen atoms in total. The Balaban J connectivity index is 1.92. The van der Waals surface area contributed by atoms with Crippen LogP contribution in [0.25, 0.3) is 0 Å². The number of amides is 1. The van der Waals surface area contributed by atoms with Crippen LogP contribution in [0.5, 0.6) is 5.75 Å². The van der Waals surface area contributed by atoms with Crippen LogP contribution in [0, 0.1) is 17.0 Å². The van der Waals surface area contributed by atoms with Crippen LogP contribution in [0.1, 0.15) is 5.56 Å². The van der Waals surface area contributed by atoms with Gasteiger partial charge in [0, 0.05) is 22.3 Å². The average molecular weight is 503 g/mol. The van der Waals surface area contributed by atoms with E-state index in [2.05, 4.69) is 42.5 Å². The van der Waals surface area contributed by atoms with E-state index >= 15 is 0 Å². The van der Waals surface area contributed by atoms with Gasteiger partial charge in [0.25, 0.3) is 11.6 Å². The van der Waals surface area contributed by atoms with Crippen molar-refractivity contribution < 1.29 is 14.5 Å². The number of nitro benzene ring substituents is 1. The largest absolute Gasteiger partial charge is 0.483 e. The molecule has 2 rings (SSSR count). The van der Waals surface area contributed by atoms with Crippen molar-refractivity contribution in [3.05, 3.63) is 61.0 Å². The second-order valence-electron chi connectivity index (χ2n) is 5.12. The van der Waals surface area contributed by atoms with E-state index in [4.69, 9.17) is 17.0 Å². The van der Waals surface area contributed by atoms with Crippen molar-refractivity contribution in [2.24, 2.45) is 0 Å². The van der Waals surface area contributed by atoms with Crippen LogP contribution >= 0.6 is 44.1 Å². The summed E-state index contributed by atoms with van der Waals surface area (Å²) in [7, 11) is 0. The predicted molar refractivity (Wildman–Crippen MR) is 110 cm³/mol. The zero-order valence-corrected chi connectivity index (χ0v) is 17.4. The van der Waals surface area contributed by atoms with Crippen LogP contribution in [0.3, 0.4) is 0 Å². The molecule has 0 bridgehead atoms. The zero-order valence-electron chi connectivity index (χ0n) is 13.4. The van der Waals surface area contributed by atoms with Crippen molar-refractivity contribution in [3.8, 4) is 5.75 Å². The molecule has 0 aromatic heterocycles. The summed E-state index contributed by atoms with van der Waals surface area (Å²) >= 11 is 11.7. The van der Waals surface area contributed by atoms with Gasteiger partial charge in [0.15, 0.2) is 11.7 Å². The SMILES string of the molecule is Cc1ccc([N+](=O)[O-])cc1NC(=S)NC(=O)COc1ccc(Br)cc1Br. The second-order valence-corrected chi connectivity index (χ2v) is 7.30. The number of carbonyl (C=O) groups is 1. The molecule has 10 heteroatoms. The van der Waals surface area contributed by atoms with Gasteiger partial charge < -0.3 is 10.1 Å². The highest BCUT2D eigenvalue weighted by Crippen LogP contribution is 2.28. The molecule has 0 atom stereocenters. The Morgan fingerprint density at radius 3 is 2.65 bits per heavy atom. The quantitative estimate of drug-likeness (QED) is 0.359. The lowest BCUT2D eigenvalue weighted by Gasteiger charge is -2.12. The van der Waals surface area contributed by atoms with E-state index in [1.807, 2.05) is 0 Å². The van der Waals surface area contributed by atoms with Gasteiger partial charge in [-0.3, -0.25) is 20.2 Å². The summed E-state index contributed by atoms with van der Waals surface area (Å²) in [5.41, 5.74) is 1.12. The van der Waals surface area contributed by atoms with E-state index < -0.39 is 10.8 Å². The third-order valence-corrected chi connectivity index (χ3v) is 4.50. The number of rotatable bonds is 5. The standard InChI is InChI=1S/C16H13Br2N3O4S/c1-9-2-4-11(21(23)24)7-13(9)19-16(26)20-15(22)8-25-14-5-3-10(17)6-12(14)18/h2-7H,8H2,1H3,(H2,19,20,22,26). The lowest BCUT2D eigenvalue weighted by atomic mass is 10.2. The normalized spacial score (nSPS) is 10.1. The summed E-state index contributed by atoms with van der Waals surface area (Å²) in [5.74, 6) is 0.0529. The number of halogens is 2. The van der Waals surface area contributed by atoms with Gasteiger partial charge >= 0.3 is 0 Å². The number of non-ortho nitro benzene ring substituents is 1.